The molecule has 0 saturated carbocycles. The van der Waals surface area contributed by atoms with Gasteiger partial charge in [0.2, 0.25) is 0 Å². The number of aliphatic hydroxyl groups is 1. The average Bonchev–Trinajstić information content (AvgIpc) is 2.46. The predicted molar refractivity (Wildman–Crippen MR) is 92.6 cm³/mol. The largest absolute Gasteiger partial charge is 0.465 e. The van der Waals surface area contributed by atoms with Crippen LogP contribution in [0.5, 0.6) is 0 Å². The Morgan fingerprint density at radius 3 is 2.57 bits per heavy atom. The maximum atomic E-state index is 11.0. The fourth-order valence-corrected chi connectivity index (χ4v) is 2.47. The van der Waals surface area contributed by atoms with Crippen molar-refractivity contribution in [2.24, 2.45) is 5.41 Å². The number of hydrogen-bond donors (Lipinski definition) is 4. The van der Waals surface area contributed by atoms with Crippen molar-refractivity contribution in [2.75, 3.05) is 13.1 Å². The fourth-order valence-electron chi connectivity index (χ4n) is 2.47. The number of carboxylic acid groups (broad SMARTS) is 1. The molecule has 0 spiro atoms. The van der Waals surface area contributed by atoms with Gasteiger partial charge in [-0.15, -0.1) is 6.58 Å². The number of rotatable bonds is 10. The highest BCUT2D eigenvalue weighted by Gasteiger charge is 2.22. The zero-order valence-electron chi connectivity index (χ0n) is 14.0. The van der Waals surface area contributed by atoms with E-state index in [1.165, 1.54) is 0 Å². The molecule has 1 amide bonds. The summed E-state index contributed by atoms with van der Waals surface area (Å²) in [6, 6.07) is 8.99. The van der Waals surface area contributed by atoms with E-state index >= 15 is 0 Å². The first-order valence-corrected chi connectivity index (χ1v) is 7.87. The number of carbonyl (C=O) groups is 1. The zero-order chi connectivity index (χ0) is 17.3. The maximum absolute atomic E-state index is 11.0. The molecule has 23 heavy (non-hydrogen) atoms. The second kappa shape index (κ2) is 9.33. The summed E-state index contributed by atoms with van der Waals surface area (Å²) in [7, 11) is 0. The lowest BCUT2D eigenvalue weighted by Crippen LogP contribution is -2.49. The molecule has 5 heteroatoms. The molecule has 5 nitrogen and oxygen atoms in total. The van der Waals surface area contributed by atoms with Gasteiger partial charge in [-0.1, -0.05) is 50.3 Å². The lowest BCUT2D eigenvalue weighted by molar-refractivity contribution is 0.115. The van der Waals surface area contributed by atoms with Gasteiger partial charge in [-0.3, -0.25) is 0 Å². The number of benzene rings is 1. The van der Waals surface area contributed by atoms with E-state index in [2.05, 4.69) is 31.1 Å². The van der Waals surface area contributed by atoms with Crippen LogP contribution in [0.4, 0.5) is 4.79 Å². The van der Waals surface area contributed by atoms with Gasteiger partial charge in [-0.05, 0) is 23.8 Å². The first-order chi connectivity index (χ1) is 10.8. The molecule has 128 valence electrons. The molecule has 4 N–H and O–H groups in total. The quantitative estimate of drug-likeness (QED) is 0.499. The SMILES string of the molecule is C=CCC(C)(C)CNC[C@H](O)[C@H](Cc1ccccc1)NC(=O)O. The van der Waals surface area contributed by atoms with Crippen molar-refractivity contribution in [2.45, 2.75) is 38.8 Å². The Labute approximate surface area is 138 Å². The number of amides is 1. The Balaban J connectivity index is 2.56. The highest BCUT2D eigenvalue weighted by Crippen LogP contribution is 2.19. The molecule has 0 saturated heterocycles. The summed E-state index contributed by atoms with van der Waals surface area (Å²) < 4.78 is 0. The first-order valence-electron chi connectivity index (χ1n) is 7.87. The van der Waals surface area contributed by atoms with Gasteiger partial charge in [0.1, 0.15) is 0 Å². The van der Waals surface area contributed by atoms with E-state index in [0.29, 0.717) is 13.0 Å². The second-order valence-electron chi connectivity index (χ2n) is 6.60. The van der Waals surface area contributed by atoms with Crippen LogP contribution in [0, 0.1) is 5.41 Å². The second-order valence-corrected chi connectivity index (χ2v) is 6.60. The minimum absolute atomic E-state index is 0.0522. The minimum Gasteiger partial charge on any atom is -0.465 e. The summed E-state index contributed by atoms with van der Waals surface area (Å²) in [4.78, 5) is 11.0. The van der Waals surface area contributed by atoms with Crippen molar-refractivity contribution in [1.82, 2.24) is 10.6 Å². The van der Waals surface area contributed by atoms with Crippen molar-refractivity contribution in [1.29, 1.82) is 0 Å². The summed E-state index contributed by atoms with van der Waals surface area (Å²) in [5.41, 5.74) is 1.04. The molecule has 0 bridgehead atoms. The molecule has 1 aromatic carbocycles. The van der Waals surface area contributed by atoms with Gasteiger partial charge in [0.15, 0.2) is 0 Å². The van der Waals surface area contributed by atoms with Gasteiger partial charge in [0.05, 0.1) is 12.1 Å². The standard InChI is InChI=1S/C18H28N2O3/c1-4-10-18(2,3)13-19-12-16(21)15(20-17(22)23)11-14-8-6-5-7-9-14/h4-9,15-16,19-21H,1,10-13H2,2-3H3,(H,22,23)/t15-,16-/m0/s1. The van der Waals surface area contributed by atoms with E-state index < -0.39 is 18.2 Å². The third kappa shape index (κ3) is 7.81. The van der Waals surface area contributed by atoms with Crippen molar-refractivity contribution >= 4 is 6.09 Å². The van der Waals surface area contributed by atoms with Crippen LogP contribution in [-0.4, -0.2) is 41.5 Å². The van der Waals surface area contributed by atoms with Crippen molar-refractivity contribution in [3.05, 3.63) is 48.6 Å². The van der Waals surface area contributed by atoms with Crippen LogP contribution in [0.3, 0.4) is 0 Å². The van der Waals surface area contributed by atoms with E-state index in [1.807, 2.05) is 36.4 Å². The molecule has 0 radical (unpaired) electrons. The van der Waals surface area contributed by atoms with E-state index in [0.717, 1.165) is 18.5 Å². The van der Waals surface area contributed by atoms with Crippen LogP contribution in [0.1, 0.15) is 25.8 Å². The number of nitrogens with one attached hydrogen (secondary N) is 2. The van der Waals surface area contributed by atoms with Crippen molar-refractivity contribution in [3.63, 3.8) is 0 Å². The van der Waals surface area contributed by atoms with E-state index in [-0.39, 0.29) is 5.41 Å². The van der Waals surface area contributed by atoms with Crippen LogP contribution in [0.25, 0.3) is 0 Å². The number of aliphatic hydroxyl groups excluding tert-OH is 1. The first kappa shape index (κ1) is 19.2. The summed E-state index contributed by atoms with van der Waals surface area (Å²) in [5.74, 6) is 0. The minimum atomic E-state index is -1.13. The van der Waals surface area contributed by atoms with Crippen LogP contribution in [-0.2, 0) is 6.42 Å². The van der Waals surface area contributed by atoms with Gasteiger partial charge in [0.25, 0.3) is 0 Å². The topological polar surface area (TPSA) is 81.6 Å². The number of allylic oxidation sites excluding steroid dienone is 1. The fraction of sp³-hybridized carbons (Fsp3) is 0.500. The van der Waals surface area contributed by atoms with Gasteiger partial charge >= 0.3 is 6.09 Å². The predicted octanol–water partition coefficient (Wildman–Crippen LogP) is 2.42. The molecular formula is C18H28N2O3. The lowest BCUT2D eigenvalue weighted by Gasteiger charge is -2.27. The molecule has 0 aliphatic rings. The monoisotopic (exact) mass is 320 g/mol. The van der Waals surface area contributed by atoms with Crippen molar-refractivity contribution < 1.29 is 15.0 Å². The maximum Gasteiger partial charge on any atom is 0.404 e. The summed E-state index contributed by atoms with van der Waals surface area (Å²) in [6.07, 6.45) is 1.27. The van der Waals surface area contributed by atoms with Crippen molar-refractivity contribution in [3.8, 4) is 0 Å². The highest BCUT2D eigenvalue weighted by molar-refractivity contribution is 5.65. The molecular weight excluding hydrogens is 292 g/mol. The molecule has 1 rings (SSSR count). The van der Waals surface area contributed by atoms with Crippen LogP contribution in [0.2, 0.25) is 0 Å². The van der Waals surface area contributed by atoms with Gasteiger partial charge in [-0.2, -0.15) is 0 Å². The van der Waals surface area contributed by atoms with Gasteiger partial charge in [-0.25, -0.2) is 4.79 Å². The highest BCUT2D eigenvalue weighted by atomic mass is 16.4. The van der Waals surface area contributed by atoms with Gasteiger partial charge < -0.3 is 20.8 Å². The summed E-state index contributed by atoms with van der Waals surface area (Å²) in [6.45, 7) is 9.03. The van der Waals surface area contributed by atoms with E-state index in [9.17, 15) is 9.90 Å². The average molecular weight is 320 g/mol. The Hall–Kier alpha value is -1.85. The molecule has 0 aromatic heterocycles. The molecule has 1 aromatic rings. The Morgan fingerprint density at radius 2 is 2.00 bits per heavy atom. The Kier molecular flexibility index (Phi) is 7.78. The third-order valence-electron chi connectivity index (χ3n) is 3.73. The Morgan fingerprint density at radius 1 is 1.35 bits per heavy atom. The van der Waals surface area contributed by atoms with E-state index in [1.54, 1.807) is 0 Å². The molecule has 0 aliphatic carbocycles. The Bertz CT molecular complexity index is 488. The smallest absolute Gasteiger partial charge is 0.404 e. The molecule has 0 unspecified atom stereocenters. The number of hydrogen-bond acceptors (Lipinski definition) is 3. The third-order valence-corrected chi connectivity index (χ3v) is 3.73. The normalized spacial score (nSPS) is 14.0. The van der Waals surface area contributed by atoms with Crippen LogP contribution >= 0.6 is 0 Å². The molecule has 0 fully saturated rings. The molecule has 0 heterocycles. The molecule has 2 atom stereocenters. The zero-order valence-corrected chi connectivity index (χ0v) is 14.0. The van der Waals surface area contributed by atoms with Crippen LogP contribution < -0.4 is 10.6 Å². The lowest BCUT2D eigenvalue weighted by atomic mass is 9.89. The summed E-state index contributed by atoms with van der Waals surface area (Å²) >= 11 is 0. The van der Waals surface area contributed by atoms with Gasteiger partial charge in [0, 0.05) is 13.1 Å². The molecule has 0 aliphatic heterocycles. The van der Waals surface area contributed by atoms with Crippen LogP contribution in [0.15, 0.2) is 43.0 Å². The van der Waals surface area contributed by atoms with E-state index in [4.69, 9.17) is 5.11 Å². The summed E-state index contributed by atoms with van der Waals surface area (Å²) in [5, 5.41) is 24.9.